The summed E-state index contributed by atoms with van der Waals surface area (Å²) in [5.74, 6) is 0. The van der Waals surface area contributed by atoms with Gasteiger partial charge in [-0.3, -0.25) is 0 Å². The van der Waals surface area contributed by atoms with Crippen LogP contribution in [0.1, 0.15) is 26.2 Å². The van der Waals surface area contributed by atoms with Crippen LogP contribution in [0.25, 0.3) is 0 Å². The van der Waals surface area contributed by atoms with Crippen molar-refractivity contribution in [3.63, 3.8) is 0 Å². The molecule has 0 fully saturated rings. The van der Waals surface area contributed by atoms with E-state index in [-0.39, 0.29) is 0 Å². The molecule has 0 aliphatic carbocycles. The molecule has 0 aliphatic rings. The standard InChI is InChI=1S/C7H11NS2/c1-7(10)4-2-3-5-8-6-9/h2-5H2,1H3. The van der Waals surface area contributed by atoms with Crippen molar-refractivity contribution < 1.29 is 0 Å². The first-order valence-electron chi connectivity index (χ1n) is 3.30. The lowest BCUT2D eigenvalue weighted by Gasteiger charge is -1.93. The molecule has 0 aromatic rings. The predicted octanol–water partition coefficient (Wildman–Crippen LogP) is 2.65. The Hall–Kier alpha value is -0.110. The number of rotatable bonds is 5. The SMILES string of the molecule is CC(=S)CCCCN=C=S. The molecule has 0 aromatic heterocycles. The van der Waals surface area contributed by atoms with Gasteiger partial charge < -0.3 is 0 Å². The van der Waals surface area contributed by atoms with Crippen LogP contribution < -0.4 is 0 Å². The van der Waals surface area contributed by atoms with Gasteiger partial charge in [0.05, 0.1) is 5.16 Å². The molecular formula is C7H11NS2. The van der Waals surface area contributed by atoms with Crippen molar-refractivity contribution in [3.8, 4) is 0 Å². The Morgan fingerprint density at radius 1 is 1.50 bits per heavy atom. The van der Waals surface area contributed by atoms with Crippen LogP contribution in [0.2, 0.25) is 0 Å². The van der Waals surface area contributed by atoms with Crippen LogP contribution in [0.4, 0.5) is 0 Å². The van der Waals surface area contributed by atoms with Crippen LogP contribution in [-0.2, 0) is 0 Å². The Morgan fingerprint density at radius 2 is 2.20 bits per heavy atom. The number of aliphatic imine (C=N–C) groups is 1. The van der Waals surface area contributed by atoms with Crippen molar-refractivity contribution >= 4 is 34.5 Å². The van der Waals surface area contributed by atoms with E-state index in [1.54, 1.807) is 0 Å². The molecule has 0 rings (SSSR count). The second kappa shape index (κ2) is 7.00. The van der Waals surface area contributed by atoms with Gasteiger partial charge in [-0.2, -0.15) is 0 Å². The highest BCUT2D eigenvalue weighted by atomic mass is 32.1. The fraction of sp³-hybridized carbons (Fsp3) is 0.714. The van der Waals surface area contributed by atoms with E-state index in [2.05, 4.69) is 22.4 Å². The van der Waals surface area contributed by atoms with Gasteiger partial charge in [0.15, 0.2) is 0 Å². The first-order valence-corrected chi connectivity index (χ1v) is 4.12. The molecular weight excluding hydrogens is 162 g/mol. The zero-order valence-electron chi connectivity index (χ0n) is 6.09. The fourth-order valence-corrected chi connectivity index (χ4v) is 0.846. The summed E-state index contributed by atoms with van der Waals surface area (Å²) in [6.45, 7) is 2.77. The molecule has 0 N–H and O–H groups in total. The molecule has 0 bridgehead atoms. The maximum absolute atomic E-state index is 4.91. The molecule has 0 spiro atoms. The Morgan fingerprint density at radius 3 is 2.70 bits per heavy atom. The Bertz CT molecular complexity index is 144. The molecule has 0 radical (unpaired) electrons. The van der Waals surface area contributed by atoms with E-state index in [1.807, 2.05) is 6.92 Å². The first kappa shape index (κ1) is 9.89. The molecule has 1 nitrogen and oxygen atoms in total. The van der Waals surface area contributed by atoms with E-state index in [0.717, 1.165) is 30.7 Å². The molecule has 0 aliphatic heterocycles. The summed E-state index contributed by atoms with van der Waals surface area (Å²) in [4.78, 5) is 4.87. The number of isothiocyanates is 1. The maximum Gasteiger partial charge on any atom is 0.0584 e. The summed E-state index contributed by atoms with van der Waals surface area (Å²) >= 11 is 9.32. The van der Waals surface area contributed by atoms with Gasteiger partial charge in [-0.05, 0) is 43.3 Å². The number of hydrogen-bond donors (Lipinski definition) is 0. The van der Waals surface area contributed by atoms with E-state index in [9.17, 15) is 0 Å². The largest absolute Gasteiger partial charge is 0.233 e. The van der Waals surface area contributed by atoms with E-state index >= 15 is 0 Å². The summed E-state index contributed by atoms with van der Waals surface area (Å²) < 4.78 is 0. The van der Waals surface area contributed by atoms with Gasteiger partial charge in [-0.25, -0.2) is 4.99 Å². The van der Waals surface area contributed by atoms with E-state index in [0.29, 0.717) is 0 Å². The lowest BCUT2D eigenvalue weighted by Crippen LogP contribution is -1.87. The smallest absolute Gasteiger partial charge is 0.0584 e. The van der Waals surface area contributed by atoms with E-state index in [4.69, 9.17) is 12.2 Å². The van der Waals surface area contributed by atoms with Gasteiger partial charge in [0.25, 0.3) is 0 Å². The third kappa shape index (κ3) is 7.89. The summed E-state index contributed by atoms with van der Waals surface area (Å²) in [5.41, 5.74) is 0. The lowest BCUT2D eigenvalue weighted by molar-refractivity contribution is 0.779. The molecule has 3 heteroatoms. The zero-order chi connectivity index (χ0) is 7.82. The second-order valence-electron chi connectivity index (χ2n) is 2.13. The highest BCUT2D eigenvalue weighted by Crippen LogP contribution is 1.97. The van der Waals surface area contributed by atoms with Gasteiger partial charge in [-0.15, -0.1) is 0 Å². The van der Waals surface area contributed by atoms with Crippen molar-refractivity contribution in [2.45, 2.75) is 26.2 Å². The van der Waals surface area contributed by atoms with Crippen LogP contribution in [-0.4, -0.2) is 16.6 Å². The van der Waals surface area contributed by atoms with Gasteiger partial charge in [0.2, 0.25) is 0 Å². The normalized spacial score (nSPS) is 8.50. The molecule has 0 atom stereocenters. The molecule has 0 unspecified atom stereocenters. The monoisotopic (exact) mass is 173 g/mol. The summed E-state index contributed by atoms with van der Waals surface area (Å²) in [7, 11) is 0. The Balaban J connectivity index is 3.05. The second-order valence-corrected chi connectivity index (χ2v) is 3.01. The third-order valence-electron chi connectivity index (χ3n) is 1.11. The predicted molar refractivity (Wildman–Crippen MR) is 52.0 cm³/mol. The minimum atomic E-state index is 0.798. The van der Waals surface area contributed by atoms with E-state index < -0.39 is 0 Å². The molecule has 56 valence electrons. The summed E-state index contributed by atoms with van der Waals surface area (Å²) in [5, 5.41) is 2.33. The van der Waals surface area contributed by atoms with Crippen LogP contribution in [0.15, 0.2) is 4.99 Å². The summed E-state index contributed by atoms with van der Waals surface area (Å²) in [6.07, 6.45) is 3.22. The average Bonchev–Trinajstić information content (AvgIpc) is 1.87. The summed E-state index contributed by atoms with van der Waals surface area (Å²) in [6, 6.07) is 0. The number of unbranched alkanes of at least 4 members (excludes halogenated alkanes) is 1. The van der Waals surface area contributed by atoms with Crippen LogP contribution in [0, 0.1) is 0 Å². The van der Waals surface area contributed by atoms with E-state index in [1.165, 1.54) is 0 Å². The van der Waals surface area contributed by atoms with Crippen molar-refractivity contribution in [3.05, 3.63) is 0 Å². The fourth-order valence-electron chi connectivity index (χ4n) is 0.610. The topological polar surface area (TPSA) is 12.4 Å². The van der Waals surface area contributed by atoms with Gasteiger partial charge in [0, 0.05) is 6.54 Å². The lowest BCUT2D eigenvalue weighted by atomic mass is 10.2. The van der Waals surface area contributed by atoms with Crippen LogP contribution in [0.3, 0.4) is 0 Å². The third-order valence-corrected chi connectivity index (χ3v) is 1.45. The van der Waals surface area contributed by atoms with Crippen LogP contribution >= 0.6 is 24.4 Å². The number of nitrogens with zero attached hydrogens (tertiary/aromatic N) is 1. The van der Waals surface area contributed by atoms with Gasteiger partial charge >= 0.3 is 0 Å². The molecule has 10 heavy (non-hydrogen) atoms. The maximum atomic E-state index is 4.91. The Labute approximate surface area is 72.5 Å². The average molecular weight is 173 g/mol. The Kier molecular flexibility index (Phi) is 6.93. The first-order chi connectivity index (χ1) is 4.77. The molecule has 0 amide bonds. The number of thiocarbonyl (C=S) groups is 2. The number of hydrogen-bond acceptors (Lipinski definition) is 3. The van der Waals surface area contributed by atoms with Gasteiger partial charge in [0.1, 0.15) is 0 Å². The molecule has 0 saturated heterocycles. The van der Waals surface area contributed by atoms with Crippen LogP contribution in [0.5, 0.6) is 0 Å². The van der Waals surface area contributed by atoms with Crippen molar-refractivity contribution in [1.29, 1.82) is 0 Å². The molecule has 0 heterocycles. The highest BCUT2D eigenvalue weighted by Gasteiger charge is 1.88. The van der Waals surface area contributed by atoms with Crippen molar-refractivity contribution in [1.82, 2.24) is 0 Å². The van der Waals surface area contributed by atoms with Crippen molar-refractivity contribution in [2.24, 2.45) is 4.99 Å². The van der Waals surface area contributed by atoms with Gasteiger partial charge in [-0.1, -0.05) is 12.2 Å². The quantitative estimate of drug-likeness (QED) is 0.360. The molecule has 0 aromatic carbocycles. The highest BCUT2D eigenvalue weighted by molar-refractivity contribution is 7.80. The molecule has 0 saturated carbocycles. The minimum Gasteiger partial charge on any atom is -0.233 e. The zero-order valence-corrected chi connectivity index (χ0v) is 7.73. The minimum absolute atomic E-state index is 0.798. The van der Waals surface area contributed by atoms with Crippen molar-refractivity contribution in [2.75, 3.05) is 6.54 Å².